The summed E-state index contributed by atoms with van der Waals surface area (Å²) in [5, 5.41) is 0. The molecule has 3 rings (SSSR count). The second kappa shape index (κ2) is 4.19. The molecule has 3 aromatic rings. The Hall–Kier alpha value is -2.63. The molecule has 0 aliphatic carbocycles. The van der Waals surface area contributed by atoms with Crippen LogP contribution >= 0.6 is 0 Å². The van der Waals surface area contributed by atoms with Gasteiger partial charge in [-0.05, 0) is 25.0 Å². The van der Waals surface area contributed by atoms with Gasteiger partial charge in [0.15, 0.2) is 5.65 Å². The highest BCUT2D eigenvalue weighted by Gasteiger charge is 2.13. The summed E-state index contributed by atoms with van der Waals surface area (Å²) in [5.74, 6) is 0.591. The Bertz CT molecular complexity index is 930. The van der Waals surface area contributed by atoms with E-state index in [9.17, 15) is 9.59 Å². The van der Waals surface area contributed by atoms with Crippen molar-refractivity contribution in [2.45, 2.75) is 13.8 Å². The molecule has 2 heterocycles. The predicted octanol–water partition coefficient (Wildman–Crippen LogP) is 1.23. The summed E-state index contributed by atoms with van der Waals surface area (Å²) in [6.07, 6.45) is 0. The van der Waals surface area contributed by atoms with Gasteiger partial charge in [0.1, 0.15) is 11.3 Å². The van der Waals surface area contributed by atoms with Gasteiger partial charge in [-0.2, -0.15) is 0 Å². The zero-order chi connectivity index (χ0) is 14.4. The first-order valence-electron chi connectivity index (χ1n) is 6.24. The summed E-state index contributed by atoms with van der Waals surface area (Å²) in [6, 6.07) is 5.89. The van der Waals surface area contributed by atoms with Crippen LogP contribution in [0.15, 0.2) is 27.8 Å². The summed E-state index contributed by atoms with van der Waals surface area (Å²) < 4.78 is 1.32. The van der Waals surface area contributed by atoms with E-state index in [0.717, 1.165) is 16.7 Å². The summed E-state index contributed by atoms with van der Waals surface area (Å²) in [5.41, 5.74) is 2.90. The largest absolute Gasteiger partial charge is 0.332 e. The van der Waals surface area contributed by atoms with Crippen LogP contribution in [0.1, 0.15) is 11.1 Å². The number of imidazole rings is 1. The average Bonchev–Trinajstić information content (AvgIpc) is 2.85. The van der Waals surface area contributed by atoms with E-state index in [0.29, 0.717) is 17.0 Å². The lowest BCUT2D eigenvalue weighted by Gasteiger charge is -2.04. The van der Waals surface area contributed by atoms with Crippen molar-refractivity contribution in [3.05, 3.63) is 50.2 Å². The number of H-pyrrole nitrogens is 2. The molecular formula is C14H14N4O2. The standard InChI is InChI=1S/C14H14N4O2/c1-7-5-4-6-9(8(7)2)11-15-10-12(16-11)18(3)14(20)17-13(10)19/h4-6H,1-3H3,(H,15,16)(H,17,19,20). The number of hydrogen-bond acceptors (Lipinski definition) is 3. The second-order valence-electron chi connectivity index (χ2n) is 4.85. The smallest absolute Gasteiger partial charge is 0.329 e. The second-order valence-corrected chi connectivity index (χ2v) is 4.85. The Morgan fingerprint density at radius 2 is 1.90 bits per heavy atom. The van der Waals surface area contributed by atoms with Crippen molar-refractivity contribution in [3.63, 3.8) is 0 Å². The molecule has 20 heavy (non-hydrogen) atoms. The van der Waals surface area contributed by atoms with Gasteiger partial charge in [-0.3, -0.25) is 14.3 Å². The fraction of sp³-hybridized carbons (Fsp3) is 0.214. The molecule has 0 spiro atoms. The normalized spacial score (nSPS) is 11.2. The van der Waals surface area contributed by atoms with Crippen LogP contribution in [-0.2, 0) is 7.05 Å². The molecule has 0 saturated heterocycles. The SMILES string of the molecule is Cc1cccc(-c2nc3c([nH]2)c(=O)[nH]c(=O)n3C)c1C. The van der Waals surface area contributed by atoms with Crippen LogP contribution in [0.2, 0.25) is 0 Å². The molecule has 0 radical (unpaired) electrons. The molecule has 1 aromatic carbocycles. The van der Waals surface area contributed by atoms with Crippen molar-refractivity contribution in [1.82, 2.24) is 19.5 Å². The summed E-state index contributed by atoms with van der Waals surface area (Å²) in [7, 11) is 1.58. The number of hydrogen-bond donors (Lipinski definition) is 2. The van der Waals surface area contributed by atoms with Crippen LogP contribution in [0.25, 0.3) is 22.6 Å². The maximum absolute atomic E-state index is 11.8. The van der Waals surface area contributed by atoms with E-state index in [1.807, 2.05) is 32.0 Å². The molecule has 0 amide bonds. The highest BCUT2D eigenvalue weighted by atomic mass is 16.2. The van der Waals surface area contributed by atoms with Gasteiger partial charge in [0.2, 0.25) is 0 Å². The zero-order valence-corrected chi connectivity index (χ0v) is 11.4. The monoisotopic (exact) mass is 270 g/mol. The first kappa shape index (κ1) is 12.4. The van der Waals surface area contributed by atoms with Crippen molar-refractivity contribution < 1.29 is 0 Å². The van der Waals surface area contributed by atoms with E-state index >= 15 is 0 Å². The van der Waals surface area contributed by atoms with Gasteiger partial charge in [0.25, 0.3) is 5.56 Å². The lowest BCUT2D eigenvalue weighted by Crippen LogP contribution is -2.28. The van der Waals surface area contributed by atoms with Gasteiger partial charge in [-0.25, -0.2) is 9.78 Å². The van der Waals surface area contributed by atoms with Crippen molar-refractivity contribution in [3.8, 4) is 11.4 Å². The predicted molar refractivity (Wildman–Crippen MR) is 76.9 cm³/mol. The lowest BCUT2D eigenvalue weighted by atomic mass is 10.0. The fourth-order valence-electron chi connectivity index (χ4n) is 2.24. The highest BCUT2D eigenvalue weighted by Crippen LogP contribution is 2.23. The molecule has 0 fully saturated rings. The van der Waals surface area contributed by atoms with Gasteiger partial charge in [-0.15, -0.1) is 0 Å². The van der Waals surface area contributed by atoms with Crippen LogP contribution in [0.4, 0.5) is 0 Å². The summed E-state index contributed by atoms with van der Waals surface area (Å²) in [6.45, 7) is 4.02. The van der Waals surface area contributed by atoms with E-state index < -0.39 is 11.2 Å². The number of fused-ring (bicyclic) bond motifs is 1. The Balaban J connectivity index is 2.37. The number of rotatable bonds is 1. The Labute approximate surface area is 114 Å². The molecule has 0 aliphatic heterocycles. The number of nitrogens with one attached hydrogen (secondary N) is 2. The number of aryl methyl sites for hydroxylation is 2. The Morgan fingerprint density at radius 3 is 2.65 bits per heavy atom. The van der Waals surface area contributed by atoms with Crippen LogP contribution in [-0.4, -0.2) is 19.5 Å². The number of nitrogens with zero attached hydrogens (tertiary/aromatic N) is 2. The quantitative estimate of drug-likeness (QED) is 0.697. The van der Waals surface area contributed by atoms with Gasteiger partial charge < -0.3 is 4.98 Å². The van der Waals surface area contributed by atoms with Crippen molar-refractivity contribution in [2.24, 2.45) is 7.05 Å². The number of benzene rings is 1. The van der Waals surface area contributed by atoms with E-state index in [4.69, 9.17) is 0 Å². The van der Waals surface area contributed by atoms with E-state index in [2.05, 4.69) is 15.0 Å². The molecule has 102 valence electrons. The van der Waals surface area contributed by atoms with Gasteiger partial charge >= 0.3 is 5.69 Å². The topological polar surface area (TPSA) is 83.5 Å². The van der Waals surface area contributed by atoms with Crippen LogP contribution < -0.4 is 11.2 Å². The molecule has 0 aliphatic rings. The molecule has 0 atom stereocenters. The lowest BCUT2D eigenvalue weighted by molar-refractivity contribution is 0.832. The van der Waals surface area contributed by atoms with Crippen molar-refractivity contribution in [2.75, 3.05) is 0 Å². The van der Waals surface area contributed by atoms with Crippen LogP contribution in [0.3, 0.4) is 0 Å². The highest BCUT2D eigenvalue weighted by molar-refractivity contribution is 5.76. The molecular weight excluding hydrogens is 256 g/mol. The summed E-state index contributed by atoms with van der Waals surface area (Å²) >= 11 is 0. The van der Waals surface area contributed by atoms with Crippen molar-refractivity contribution in [1.29, 1.82) is 0 Å². The van der Waals surface area contributed by atoms with Crippen LogP contribution in [0.5, 0.6) is 0 Å². The third-order valence-corrected chi connectivity index (χ3v) is 3.61. The van der Waals surface area contributed by atoms with Gasteiger partial charge in [-0.1, -0.05) is 18.2 Å². The van der Waals surface area contributed by atoms with Gasteiger partial charge in [0.05, 0.1) is 0 Å². The van der Waals surface area contributed by atoms with E-state index in [-0.39, 0.29) is 0 Å². The molecule has 0 saturated carbocycles. The molecule has 0 bridgehead atoms. The molecule has 2 N–H and O–H groups in total. The third-order valence-electron chi connectivity index (χ3n) is 3.61. The zero-order valence-electron chi connectivity index (χ0n) is 11.4. The number of aromatic amines is 2. The first-order valence-corrected chi connectivity index (χ1v) is 6.24. The molecule has 6 nitrogen and oxygen atoms in total. The van der Waals surface area contributed by atoms with E-state index in [1.54, 1.807) is 7.05 Å². The third kappa shape index (κ3) is 1.69. The minimum absolute atomic E-state index is 0.308. The maximum atomic E-state index is 11.8. The van der Waals surface area contributed by atoms with Crippen molar-refractivity contribution >= 4 is 11.2 Å². The minimum atomic E-state index is -0.471. The van der Waals surface area contributed by atoms with Gasteiger partial charge in [0, 0.05) is 12.6 Å². The summed E-state index contributed by atoms with van der Waals surface area (Å²) in [4.78, 5) is 33.0. The number of aromatic nitrogens is 4. The first-order chi connectivity index (χ1) is 9.49. The Kier molecular flexibility index (Phi) is 2.60. The maximum Gasteiger partial charge on any atom is 0.329 e. The fourth-order valence-corrected chi connectivity index (χ4v) is 2.24. The average molecular weight is 270 g/mol. The van der Waals surface area contributed by atoms with Crippen LogP contribution in [0, 0.1) is 13.8 Å². The molecule has 0 unspecified atom stereocenters. The van der Waals surface area contributed by atoms with E-state index in [1.165, 1.54) is 4.57 Å². The molecule has 2 aromatic heterocycles. The minimum Gasteiger partial charge on any atom is -0.332 e. The molecule has 6 heteroatoms. The Morgan fingerprint density at radius 1 is 1.15 bits per heavy atom.